The van der Waals surface area contributed by atoms with Gasteiger partial charge in [-0.25, -0.2) is 4.79 Å². The molecule has 1 N–H and O–H groups in total. The second kappa shape index (κ2) is 6.27. The predicted octanol–water partition coefficient (Wildman–Crippen LogP) is 3.35. The van der Waals surface area contributed by atoms with E-state index in [2.05, 4.69) is 5.32 Å². The van der Waals surface area contributed by atoms with Gasteiger partial charge in [0.25, 0.3) is 0 Å². The zero-order valence-electron chi connectivity index (χ0n) is 12.1. The van der Waals surface area contributed by atoms with E-state index in [-0.39, 0.29) is 5.97 Å². The maximum Gasteiger partial charge on any atom is 0.333 e. The average molecular weight is 263 g/mol. The molecule has 0 aromatic heterocycles. The fraction of sp³-hybridized carbons (Fsp3) is 0.400. The second-order valence-corrected chi connectivity index (χ2v) is 5.22. The Kier molecular flexibility index (Phi) is 4.98. The summed E-state index contributed by atoms with van der Waals surface area (Å²) in [6.45, 7) is 7.32. The lowest BCUT2D eigenvalue weighted by Crippen LogP contribution is -2.23. The summed E-state index contributed by atoms with van der Waals surface area (Å²) in [6.07, 6.45) is 1.44. The minimum Gasteiger partial charge on any atom is -0.497 e. The van der Waals surface area contributed by atoms with Gasteiger partial charge in [-0.2, -0.15) is 0 Å². The minimum atomic E-state index is -0.482. The van der Waals surface area contributed by atoms with E-state index in [1.807, 2.05) is 52.0 Å². The third kappa shape index (κ3) is 5.95. The van der Waals surface area contributed by atoms with E-state index in [0.29, 0.717) is 5.70 Å². The molecule has 0 saturated heterocycles. The maximum absolute atomic E-state index is 11.6. The molecule has 0 bridgehead atoms. The molecule has 0 radical (unpaired) electrons. The third-order valence-corrected chi connectivity index (χ3v) is 2.15. The molecular weight excluding hydrogens is 242 g/mol. The van der Waals surface area contributed by atoms with Gasteiger partial charge in [0, 0.05) is 23.5 Å². The van der Waals surface area contributed by atoms with Crippen molar-refractivity contribution in [2.75, 3.05) is 12.4 Å². The van der Waals surface area contributed by atoms with Gasteiger partial charge in [0.1, 0.15) is 11.4 Å². The summed E-state index contributed by atoms with van der Waals surface area (Å²) in [4.78, 5) is 11.6. The van der Waals surface area contributed by atoms with Crippen molar-refractivity contribution in [2.45, 2.75) is 33.3 Å². The number of nitrogens with one attached hydrogen (secondary N) is 1. The van der Waals surface area contributed by atoms with Crippen molar-refractivity contribution in [1.29, 1.82) is 0 Å². The largest absolute Gasteiger partial charge is 0.497 e. The second-order valence-electron chi connectivity index (χ2n) is 5.22. The van der Waals surface area contributed by atoms with Crippen LogP contribution in [0, 0.1) is 0 Å². The maximum atomic E-state index is 11.6. The molecule has 4 heteroatoms. The highest BCUT2D eigenvalue weighted by Crippen LogP contribution is 2.18. The van der Waals surface area contributed by atoms with Crippen LogP contribution in [0.4, 0.5) is 5.69 Å². The van der Waals surface area contributed by atoms with Crippen molar-refractivity contribution in [1.82, 2.24) is 0 Å². The Bertz CT molecular complexity index is 473. The fourth-order valence-electron chi connectivity index (χ4n) is 1.47. The number of ether oxygens (including phenoxy) is 2. The summed E-state index contributed by atoms with van der Waals surface area (Å²) in [5, 5.41) is 3.11. The Morgan fingerprint density at radius 3 is 2.58 bits per heavy atom. The standard InChI is InChI=1S/C15H21NO3/c1-11(9-14(17)19-15(2,3)4)16-12-7-6-8-13(10-12)18-5/h6-10,16H,1-5H3/b11-9-. The number of carbonyl (C=O) groups is 1. The Hall–Kier alpha value is -1.97. The molecule has 1 rings (SSSR count). The molecule has 0 amide bonds. The van der Waals surface area contributed by atoms with Crippen molar-refractivity contribution in [2.24, 2.45) is 0 Å². The molecule has 0 saturated carbocycles. The SMILES string of the molecule is COc1cccc(N/C(C)=C\C(=O)OC(C)(C)C)c1. The Labute approximate surface area is 114 Å². The molecule has 4 nitrogen and oxygen atoms in total. The lowest BCUT2D eigenvalue weighted by atomic mass is 10.2. The first-order chi connectivity index (χ1) is 8.80. The predicted molar refractivity (Wildman–Crippen MR) is 76.2 cm³/mol. The smallest absolute Gasteiger partial charge is 0.333 e. The van der Waals surface area contributed by atoms with Crippen LogP contribution in [0.1, 0.15) is 27.7 Å². The number of rotatable bonds is 4. The van der Waals surface area contributed by atoms with Gasteiger partial charge in [0.2, 0.25) is 0 Å². The zero-order valence-corrected chi connectivity index (χ0v) is 12.1. The van der Waals surface area contributed by atoms with Gasteiger partial charge in [-0.05, 0) is 39.8 Å². The number of methoxy groups -OCH3 is 1. The lowest BCUT2D eigenvalue weighted by molar-refractivity contribution is -0.148. The molecule has 104 valence electrons. The molecule has 0 aliphatic rings. The molecule has 1 aromatic rings. The van der Waals surface area contributed by atoms with Crippen molar-refractivity contribution < 1.29 is 14.3 Å². The van der Waals surface area contributed by atoms with E-state index in [0.717, 1.165) is 11.4 Å². The molecule has 0 fully saturated rings. The fourth-order valence-corrected chi connectivity index (χ4v) is 1.47. The van der Waals surface area contributed by atoms with Gasteiger partial charge in [0.05, 0.1) is 7.11 Å². The molecular formula is C15H21NO3. The summed E-state index contributed by atoms with van der Waals surface area (Å²) in [5.74, 6) is 0.399. The molecule has 0 unspecified atom stereocenters. The van der Waals surface area contributed by atoms with Gasteiger partial charge in [-0.15, -0.1) is 0 Å². The van der Waals surface area contributed by atoms with E-state index in [4.69, 9.17) is 9.47 Å². The molecule has 0 atom stereocenters. The Balaban J connectivity index is 2.68. The summed E-state index contributed by atoms with van der Waals surface area (Å²) >= 11 is 0. The first kappa shape index (κ1) is 15.1. The summed E-state index contributed by atoms with van der Waals surface area (Å²) in [5.41, 5.74) is 1.09. The number of hydrogen-bond donors (Lipinski definition) is 1. The molecule has 19 heavy (non-hydrogen) atoms. The molecule has 0 spiro atoms. The quantitative estimate of drug-likeness (QED) is 0.668. The average Bonchev–Trinajstić information content (AvgIpc) is 2.26. The summed E-state index contributed by atoms with van der Waals surface area (Å²) in [7, 11) is 1.61. The van der Waals surface area contributed by atoms with E-state index >= 15 is 0 Å². The first-order valence-electron chi connectivity index (χ1n) is 6.12. The Morgan fingerprint density at radius 1 is 1.32 bits per heavy atom. The third-order valence-electron chi connectivity index (χ3n) is 2.15. The first-order valence-corrected chi connectivity index (χ1v) is 6.12. The van der Waals surface area contributed by atoms with E-state index < -0.39 is 5.60 Å². The van der Waals surface area contributed by atoms with Crippen LogP contribution in [0.3, 0.4) is 0 Å². The normalized spacial score (nSPS) is 11.9. The number of esters is 1. The number of benzene rings is 1. The molecule has 0 aliphatic carbocycles. The minimum absolute atomic E-state index is 0.361. The zero-order chi connectivity index (χ0) is 14.5. The monoisotopic (exact) mass is 263 g/mol. The molecule has 1 aromatic carbocycles. The van der Waals surface area contributed by atoms with Gasteiger partial charge in [-0.1, -0.05) is 6.07 Å². The summed E-state index contributed by atoms with van der Waals surface area (Å²) < 4.78 is 10.3. The van der Waals surface area contributed by atoms with Crippen LogP contribution in [0.15, 0.2) is 36.0 Å². The van der Waals surface area contributed by atoms with Gasteiger partial charge in [-0.3, -0.25) is 0 Å². The topological polar surface area (TPSA) is 47.6 Å². The van der Waals surface area contributed by atoms with Crippen molar-refractivity contribution in [3.8, 4) is 5.75 Å². The van der Waals surface area contributed by atoms with E-state index in [1.54, 1.807) is 7.11 Å². The number of carbonyl (C=O) groups excluding carboxylic acids is 1. The van der Waals surface area contributed by atoms with Crippen LogP contribution in [-0.4, -0.2) is 18.7 Å². The highest BCUT2D eigenvalue weighted by Gasteiger charge is 2.14. The van der Waals surface area contributed by atoms with Gasteiger partial charge in [0.15, 0.2) is 0 Å². The van der Waals surface area contributed by atoms with Crippen molar-refractivity contribution >= 4 is 11.7 Å². The van der Waals surface area contributed by atoms with Crippen LogP contribution in [0.2, 0.25) is 0 Å². The van der Waals surface area contributed by atoms with Crippen LogP contribution in [-0.2, 0) is 9.53 Å². The Morgan fingerprint density at radius 2 is 2.00 bits per heavy atom. The van der Waals surface area contributed by atoms with Crippen LogP contribution < -0.4 is 10.1 Å². The van der Waals surface area contributed by atoms with E-state index in [9.17, 15) is 4.79 Å². The summed E-state index contributed by atoms with van der Waals surface area (Å²) in [6, 6.07) is 7.49. The van der Waals surface area contributed by atoms with Gasteiger partial charge < -0.3 is 14.8 Å². The van der Waals surface area contributed by atoms with Crippen molar-refractivity contribution in [3.63, 3.8) is 0 Å². The van der Waals surface area contributed by atoms with Crippen molar-refractivity contribution in [3.05, 3.63) is 36.0 Å². The van der Waals surface area contributed by atoms with Crippen LogP contribution >= 0.6 is 0 Å². The highest BCUT2D eigenvalue weighted by molar-refractivity contribution is 5.83. The van der Waals surface area contributed by atoms with E-state index in [1.165, 1.54) is 6.08 Å². The van der Waals surface area contributed by atoms with Crippen LogP contribution in [0.5, 0.6) is 5.75 Å². The molecule has 0 aliphatic heterocycles. The van der Waals surface area contributed by atoms with Gasteiger partial charge >= 0.3 is 5.97 Å². The number of hydrogen-bond acceptors (Lipinski definition) is 4. The molecule has 0 heterocycles. The number of anilines is 1. The highest BCUT2D eigenvalue weighted by atomic mass is 16.6. The lowest BCUT2D eigenvalue weighted by Gasteiger charge is -2.18. The van der Waals surface area contributed by atoms with Crippen LogP contribution in [0.25, 0.3) is 0 Å². The number of allylic oxidation sites excluding steroid dienone is 1.